The van der Waals surface area contributed by atoms with Gasteiger partial charge >= 0.3 is 6.09 Å². The standard InChI is InChI=1S/C24H38N2O5S/c1-15(2)26-22(30)31-20-9-10-23(3)17(12-21(29)25-13-16-6-5-11-32-16)18(28)7-8-19(23)24(20,4)14-27/h5-6,11,15,17-20,27-28H,7-10,12-14H2,1-4H3,(H,25,29)(H,26,30)/t17-,18-,19-,20-,23+,24+/m1/s1. The molecular weight excluding hydrogens is 428 g/mol. The largest absolute Gasteiger partial charge is 0.446 e. The van der Waals surface area contributed by atoms with E-state index < -0.39 is 23.7 Å². The van der Waals surface area contributed by atoms with Crippen LogP contribution in [0.15, 0.2) is 17.5 Å². The van der Waals surface area contributed by atoms with Crippen LogP contribution in [-0.2, 0) is 16.1 Å². The van der Waals surface area contributed by atoms with Crippen LogP contribution >= 0.6 is 11.3 Å². The molecule has 180 valence electrons. The minimum Gasteiger partial charge on any atom is -0.446 e. The number of hydrogen-bond acceptors (Lipinski definition) is 6. The number of carbonyl (C=O) groups is 2. The van der Waals surface area contributed by atoms with Crippen molar-refractivity contribution in [1.29, 1.82) is 0 Å². The fourth-order valence-corrected chi connectivity index (χ4v) is 6.69. The van der Waals surface area contributed by atoms with Gasteiger partial charge in [-0.05, 0) is 68.2 Å². The molecule has 3 rings (SSSR count). The highest BCUT2D eigenvalue weighted by atomic mass is 32.1. The molecule has 1 heterocycles. The quantitative estimate of drug-likeness (QED) is 0.492. The predicted molar refractivity (Wildman–Crippen MR) is 124 cm³/mol. The lowest BCUT2D eigenvalue weighted by Crippen LogP contribution is -2.61. The fraction of sp³-hybridized carbons (Fsp3) is 0.750. The van der Waals surface area contributed by atoms with Crippen molar-refractivity contribution in [2.75, 3.05) is 6.61 Å². The summed E-state index contributed by atoms with van der Waals surface area (Å²) in [5, 5.41) is 29.1. The first-order chi connectivity index (χ1) is 15.1. The lowest BCUT2D eigenvalue weighted by atomic mass is 9.46. The first kappa shape index (κ1) is 25.0. The highest BCUT2D eigenvalue weighted by Crippen LogP contribution is 2.61. The van der Waals surface area contributed by atoms with E-state index in [0.29, 0.717) is 19.4 Å². The summed E-state index contributed by atoms with van der Waals surface area (Å²) >= 11 is 1.60. The molecular formula is C24H38N2O5S. The molecule has 4 N–H and O–H groups in total. The summed E-state index contributed by atoms with van der Waals surface area (Å²) in [6, 6.07) is 3.92. The SMILES string of the molecule is CC(C)NC(=O)O[C@@H]1CC[C@]2(C)[C@@H](CC[C@@H](O)[C@H]2CC(=O)NCc2cccs2)[C@]1(C)CO. The molecule has 2 saturated carbocycles. The average molecular weight is 467 g/mol. The number of aliphatic hydroxyl groups excluding tert-OH is 2. The van der Waals surface area contributed by atoms with Crippen molar-refractivity contribution in [3.05, 3.63) is 22.4 Å². The lowest BCUT2D eigenvalue weighted by Gasteiger charge is -2.60. The third kappa shape index (κ3) is 5.13. The molecule has 32 heavy (non-hydrogen) atoms. The molecule has 0 aliphatic heterocycles. The van der Waals surface area contributed by atoms with Crippen LogP contribution in [0.4, 0.5) is 4.79 Å². The van der Waals surface area contributed by atoms with Crippen LogP contribution in [0.2, 0.25) is 0 Å². The Kier molecular flexibility index (Phi) is 7.89. The number of hydrogen-bond donors (Lipinski definition) is 4. The third-order valence-electron chi connectivity index (χ3n) is 7.78. The van der Waals surface area contributed by atoms with E-state index in [4.69, 9.17) is 4.74 Å². The van der Waals surface area contributed by atoms with Gasteiger partial charge in [-0.2, -0.15) is 0 Å². The normalized spacial score (nSPS) is 34.6. The van der Waals surface area contributed by atoms with Gasteiger partial charge in [0, 0.05) is 22.8 Å². The van der Waals surface area contributed by atoms with Crippen LogP contribution in [0.5, 0.6) is 0 Å². The van der Waals surface area contributed by atoms with Gasteiger partial charge in [-0.15, -0.1) is 11.3 Å². The van der Waals surface area contributed by atoms with Crippen molar-refractivity contribution in [3.63, 3.8) is 0 Å². The minimum absolute atomic E-state index is 0.0290. The number of aliphatic hydroxyl groups is 2. The molecule has 0 unspecified atom stereocenters. The summed E-state index contributed by atoms with van der Waals surface area (Å²) in [4.78, 5) is 26.2. The number of ether oxygens (including phenoxy) is 1. The van der Waals surface area contributed by atoms with E-state index in [2.05, 4.69) is 17.6 Å². The molecule has 6 atom stereocenters. The number of fused-ring (bicyclic) bond motifs is 1. The average Bonchev–Trinajstić information content (AvgIpc) is 3.24. The first-order valence-corrected chi connectivity index (χ1v) is 12.5. The molecule has 0 aromatic carbocycles. The molecule has 1 aromatic heterocycles. The fourth-order valence-electron chi connectivity index (χ4n) is 6.05. The highest BCUT2D eigenvalue weighted by Gasteiger charge is 2.60. The van der Waals surface area contributed by atoms with Crippen molar-refractivity contribution in [2.24, 2.45) is 22.7 Å². The van der Waals surface area contributed by atoms with E-state index in [9.17, 15) is 19.8 Å². The Hall–Kier alpha value is -1.64. The number of nitrogens with one attached hydrogen (secondary N) is 2. The number of carbonyl (C=O) groups excluding carboxylic acids is 2. The second kappa shape index (κ2) is 10.1. The second-order valence-corrected chi connectivity index (χ2v) is 11.3. The molecule has 0 radical (unpaired) electrons. The molecule has 0 spiro atoms. The van der Waals surface area contributed by atoms with E-state index in [-0.39, 0.29) is 42.2 Å². The summed E-state index contributed by atoms with van der Waals surface area (Å²) in [7, 11) is 0. The van der Waals surface area contributed by atoms with Crippen molar-refractivity contribution >= 4 is 23.3 Å². The molecule has 2 fully saturated rings. The summed E-state index contributed by atoms with van der Waals surface area (Å²) in [6.07, 6.45) is 1.44. The third-order valence-corrected chi connectivity index (χ3v) is 8.65. The van der Waals surface area contributed by atoms with Gasteiger partial charge in [0.2, 0.25) is 5.91 Å². The Labute approximate surface area is 194 Å². The Bertz CT molecular complexity index is 785. The van der Waals surface area contributed by atoms with Crippen molar-refractivity contribution < 1.29 is 24.5 Å². The zero-order chi connectivity index (χ0) is 23.5. The topological polar surface area (TPSA) is 108 Å². The molecule has 8 heteroatoms. The Morgan fingerprint density at radius 1 is 1.28 bits per heavy atom. The Morgan fingerprint density at radius 2 is 2.03 bits per heavy atom. The van der Waals surface area contributed by atoms with E-state index in [1.165, 1.54) is 0 Å². The van der Waals surface area contributed by atoms with Gasteiger partial charge in [0.05, 0.1) is 19.3 Å². The molecule has 7 nitrogen and oxygen atoms in total. The van der Waals surface area contributed by atoms with Crippen LogP contribution in [0, 0.1) is 22.7 Å². The monoisotopic (exact) mass is 466 g/mol. The first-order valence-electron chi connectivity index (χ1n) is 11.6. The summed E-state index contributed by atoms with van der Waals surface area (Å²) in [6.45, 7) is 8.25. The summed E-state index contributed by atoms with van der Waals surface area (Å²) < 4.78 is 5.78. The van der Waals surface area contributed by atoms with Crippen molar-refractivity contribution in [3.8, 4) is 0 Å². The van der Waals surface area contributed by atoms with Gasteiger partial charge < -0.3 is 25.6 Å². The summed E-state index contributed by atoms with van der Waals surface area (Å²) in [5.74, 6) is -0.241. The van der Waals surface area contributed by atoms with Gasteiger partial charge in [0.1, 0.15) is 6.10 Å². The smallest absolute Gasteiger partial charge is 0.407 e. The van der Waals surface area contributed by atoms with Gasteiger partial charge in [-0.3, -0.25) is 4.79 Å². The Balaban J connectivity index is 1.74. The Morgan fingerprint density at radius 3 is 2.66 bits per heavy atom. The van der Waals surface area contributed by atoms with Gasteiger partial charge in [-0.25, -0.2) is 4.79 Å². The van der Waals surface area contributed by atoms with Gasteiger partial charge in [0.25, 0.3) is 0 Å². The lowest BCUT2D eigenvalue weighted by molar-refractivity contribution is -0.186. The van der Waals surface area contributed by atoms with Crippen molar-refractivity contribution in [1.82, 2.24) is 10.6 Å². The second-order valence-electron chi connectivity index (χ2n) is 10.3. The van der Waals surface area contributed by atoms with Crippen LogP contribution in [-0.4, -0.2) is 47.1 Å². The molecule has 2 aliphatic rings. The molecule has 2 amide bonds. The number of alkyl carbamates (subject to hydrolysis) is 1. The number of amides is 2. The van der Waals surface area contributed by atoms with E-state index >= 15 is 0 Å². The molecule has 1 aromatic rings. The highest BCUT2D eigenvalue weighted by molar-refractivity contribution is 7.09. The molecule has 0 bridgehead atoms. The van der Waals surface area contributed by atoms with E-state index in [1.807, 2.05) is 38.3 Å². The number of thiophene rings is 1. The van der Waals surface area contributed by atoms with E-state index in [1.54, 1.807) is 11.3 Å². The van der Waals surface area contributed by atoms with E-state index in [0.717, 1.165) is 17.7 Å². The predicted octanol–water partition coefficient (Wildman–Crippen LogP) is 3.44. The van der Waals surface area contributed by atoms with Crippen LogP contribution in [0.1, 0.15) is 64.7 Å². The maximum absolute atomic E-state index is 12.8. The zero-order valence-corrected chi connectivity index (χ0v) is 20.4. The number of rotatable bonds is 7. The molecule has 0 saturated heterocycles. The maximum Gasteiger partial charge on any atom is 0.407 e. The van der Waals surface area contributed by atoms with Crippen LogP contribution in [0.3, 0.4) is 0 Å². The molecule has 2 aliphatic carbocycles. The minimum atomic E-state index is -0.632. The maximum atomic E-state index is 12.8. The van der Waals surface area contributed by atoms with Crippen LogP contribution < -0.4 is 10.6 Å². The van der Waals surface area contributed by atoms with Gasteiger partial charge in [-0.1, -0.05) is 19.9 Å². The zero-order valence-electron chi connectivity index (χ0n) is 19.6. The van der Waals surface area contributed by atoms with Crippen LogP contribution in [0.25, 0.3) is 0 Å². The van der Waals surface area contributed by atoms with Crippen molar-refractivity contribution in [2.45, 2.75) is 84.6 Å². The van der Waals surface area contributed by atoms with Gasteiger partial charge in [0.15, 0.2) is 0 Å². The summed E-state index contributed by atoms with van der Waals surface area (Å²) in [5.41, 5.74) is -0.961.